The van der Waals surface area contributed by atoms with E-state index in [1.165, 1.54) is 12.1 Å². The molecule has 0 spiro atoms. The van der Waals surface area contributed by atoms with Crippen molar-refractivity contribution in [2.75, 3.05) is 5.32 Å². The third-order valence-corrected chi connectivity index (χ3v) is 3.88. The highest BCUT2D eigenvalue weighted by Crippen LogP contribution is 2.38. The maximum absolute atomic E-state index is 12.8. The highest BCUT2D eigenvalue weighted by Gasteiger charge is 2.39. The molecule has 2 heterocycles. The monoisotopic (exact) mass is 374 g/mol. The number of nitrogens with two attached hydrogens (primary N) is 1. The molecule has 3 N–H and O–H groups in total. The standard InChI is InChI=1S/C13H7Cl2F3N6/c14-5-1-2-6(8(15)3-5)9-7(4-19)10(20)24-12(21-9)22-11(23-24)13(16,17)18/h1-3,9H,20H2,(H,21,22,23)/t9-/m0/s1. The Labute approximate surface area is 143 Å². The summed E-state index contributed by atoms with van der Waals surface area (Å²) in [6.45, 7) is 0. The number of benzene rings is 1. The fourth-order valence-corrected chi connectivity index (χ4v) is 2.77. The minimum Gasteiger partial charge on any atom is -0.383 e. The number of nitrogens with one attached hydrogen (secondary N) is 1. The van der Waals surface area contributed by atoms with Crippen molar-refractivity contribution in [3.63, 3.8) is 0 Å². The summed E-state index contributed by atoms with van der Waals surface area (Å²) in [6, 6.07) is 5.52. The van der Waals surface area contributed by atoms with Crippen LogP contribution in [0.1, 0.15) is 17.4 Å². The Bertz CT molecular complexity index is 896. The quantitative estimate of drug-likeness (QED) is 0.797. The van der Waals surface area contributed by atoms with Gasteiger partial charge in [0.15, 0.2) is 0 Å². The number of rotatable bonds is 1. The second-order valence-electron chi connectivity index (χ2n) is 4.82. The van der Waals surface area contributed by atoms with Crippen LogP contribution < -0.4 is 11.1 Å². The van der Waals surface area contributed by atoms with Gasteiger partial charge >= 0.3 is 6.18 Å². The lowest BCUT2D eigenvalue weighted by Gasteiger charge is -2.25. The van der Waals surface area contributed by atoms with Gasteiger partial charge in [0, 0.05) is 10.0 Å². The molecule has 0 saturated heterocycles. The molecule has 24 heavy (non-hydrogen) atoms. The minimum absolute atomic E-state index is 0.0367. The molecule has 1 aliphatic heterocycles. The van der Waals surface area contributed by atoms with E-state index in [9.17, 15) is 18.4 Å². The van der Waals surface area contributed by atoms with Gasteiger partial charge in [0.05, 0.1) is 11.6 Å². The Balaban J connectivity index is 2.14. The minimum atomic E-state index is -4.74. The summed E-state index contributed by atoms with van der Waals surface area (Å²) in [7, 11) is 0. The Morgan fingerprint density at radius 3 is 2.62 bits per heavy atom. The highest BCUT2D eigenvalue weighted by molar-refractivity contribution is 6.35. The molecular weight excluding hydrogens is 368 g/mol. The zero-order valence-corrected chi connectivity index (χ0v) is 13.1. The molecule has 1 atom stereocenters. The van der Waals surface area contributed by atoms with E-state index in [1.54, 1.807) is 6.07 Å². The summed E-state index contributed by atoms with van der Waals surface area (Å²) in [5, 5.41) is 15.9. The summed E-state index contributed by atoms with van der Waals surface area (Å²) in [4.78, 5) is 3.39. The maximum Gasteiger partial charge on any atom is 0.453 e. The average Bonchev–Trinajstić information content (AvgIpc) is 2.92. The van der Waals surface area contributed by atoms with E-state index in [-0.39, 0.29) is 22.4 Å². The Morgan fingerprint density at radius 2 is 2.04 bits per heavy atom. The van der Waals surface area contributed by atoms with E-state index in [2.05, 4.69) is 15.4 Å². The molecule has 1 aliphatic rings. The number of fused-ring (bicyclic) bond motifs is 1. The zero-order chi connectivity index (χ0) is 17.6. The molecule has 0 saturated carbocycles. The first-order valence-electron chi connectivity index (χ1n) is 6.38. The van der Waals surface area contributed by atoms with Gasteiger partial charge in [-0.3, -0.25) is 0 Å². The Hall–Kier alpha value is -2.44. The van der Waals surface area contributed by atoms with E-state index in [0.29, 0.717) is 10.6 Å². The molecule has 11 heteroatoms. The molecule has 124 valence electrons. The molecule has 0 amide bonds. The molecular formula is C13H7Cl2F3N6. The summed E-state index contributed by atoms with van der Waals surface area (Å²) >= 11 is 11.9. The SMILES string of the molecule is N#CC1=C(N)n2nc(C(F)(F)F)nc2N[C@H]1c1ccc(Cl)cc1Cl. The summed E-state index contributed by atoms with van der Waals surface area (Å²) in [5.74, 6) is -1.87. The van der Waals surface area contributed by atoms with Crippen LogP contribution in [0, 0.1) is 11.3 Å². The van der Waals surface area contributed by atoms with Gasteiger partial charge in [-0.1, -0.05) is 29.3 Å². The summed E-state index contributed by atoms with van der Waals surface area (Å²) in [5.41, 5.74) is 6.19. The van der Waals surface area contributed by atoms with E-state index in [4.69, 9.17) is 28.9 Å². The molecule has 3 rings (SSSR count). The summed E-state index contributed by atoms with van der Waals surface area (Å²) in [6.07, 6.45) is -4.74. The van der Waals surface area contributed by atoms with Gasteiger partial charge in [0.25, 0.3) is 5.82 Å². The van der Waals surface area contributed by atoms with E-state index in [1.807, 2.05) is 6.07 Å². The predicted molar refractivity (Wildman–Crippen MR) is 80.9 cm³/mol. The molecule has 0 bridgehead atoms. The number of anilines is 1. The van der Waals surface area contributed by atoms with Gasteiger partial charge < -0.3 is 11.1 Å². The maximum atomic E-state index is 12.8. The highest BCUT2D eigenvalue weighted by atomic mass is 35.5. The smallest absolute Gasteiger partial charge is 0.383 e. The van der Waals surface area contributed by atoms with Crippen LogP contribution in [0.2, 0.25) is 10.0 Å². The predicted octanol–water partition coefficient (Wildman–Crippen LogP) is 3.42. The first-order chi connectivity index (χ1) is 11.2. The Morgan fingerprint density at radius 1 is 1.33 bits per heavy atom. The van der Waals surface area contributed by atoms with Crippen LogP contribution in [-0.2, 0) is 6.18 Å². The second-order valence-corrected chi connectivity index (χ2v) is 5.67. The van der Waals surface area contributed by atoms with Gasteiger partial charge in [0.1, 0.15) is 11.9 Å². The normalized spacial score (nSPS) is 17.2. The Kier molecular flexibility index (Phi) is 3.81. The molecule has 6 nitrogen and oxygen atoms in total. The summed E-state index contributed by atoms with van der Waals surface area (Å²) < 4.78 is 39.1. The van der Waals surface area contributed by atoms with Gasteiger partial charge in [-0.2, -0.15) is 28.1 Å². The number of nitrogens with zero attached hydrogens (tertiary/aromatic N) is 4. The third-order valence-electron chi connectivity index (χ3n) is 3.32. The number of hydrogen-bond donors (Lipinski definition) is 2. The lowest BCUT2D eigenvalue weighted by atomic mass is 9.98. The molecule has 0 aliphatic carbocycles. The van der Waals surface area contributed by atoms with Crippen molar-refractivity contribution < 1.29 is 13.2 Å². The van der Waals surface area contributed by atoms with Gasteiger partial charge in [-0.15, -0.1) is 5.10 Å². The van der Waals surface area contributed by atoms with Crippen LogP contribution in [0.5, 0.6) is 0 Å². The van der Waals surface area contributed by atoms with Crippen LogP contribution in [0.3, 0.4) is 0 Å². The first kappa shape index (κ1) is 16.4. The number of nitriles is 1. The van der Waals surface area contributed by atoms with Crippen LogP contribution in [0.25, 0.3) is 5.82 Å². The van der Waals surface area contributed by atoms with E-state index in [0.717, 1.165) is 4.68 Å². The van der Waals surface area contributed by atoms with Crippen molar-refractivity contribution in [3.05, 3.63) is 45.2 Å². The number of aromatic nitrogens is 3. The fraction of sp³-hybridized carbons (Fsp3) is 0.154. The van der Waals surface area contributed by atoms with Crippen molar-refractivity contribution in [2.45, 2.75) is 12.2 Å². The van der Waals surface area contributed by atoms with Gasteiger partial charge in [0.2, 0.25) is 5.95 Å². The van der Waals surface area contributed by atoms with Crippen molar-refractivity contribution in [2.24, 2.45) is 5.73 Å². The van der Waals surface area contributed by atoms with Crippen molar-refractivity contribution in [1.29, 1.82) is 5.26 Å². The molecule has 0 radical (unpaired) electrons. The molecule has 0 fully saturated rings. The number of hydrogen-bond acceptors (Lipinski definition) is 5. The van der Waals surface area contributed by atoms with E-state index >= 15 is 0 Å². The molecule has 1 aromatic carbocycles. The molecule has 0 unspecified atom stereocenters. The number of halogens is 5. The lowest BCUT2D eigenvalue weighted by Crippen LogP contribution is -2.27. The molecule has 2 aromatic rings. The van der Waals surface area contributed by atoms with Crippen LogP contribution in [0.15, 0.2) is 23.8 Å². The van der Waals surface area contributed by atoms with Crippen molar-refractivity contribution in [1.82, 2.24) is 14.8 Å². The fourth-order valence-electron chi connectivity index (χ4n) is 2.25. The van der Waals surface area contributed by atoms with Gasteiger partial charge in [-0.05, 0) is 17.7 Å². The van der Waals surface area contributed by atoms with E-state index < -0.39 is 18.0 Å². The topological polar surface area (TPSA) is 92.5 Å². The molecule has 1 aromatic heterocycles. The van der Waals surface area contributed by atoms with Crippen molar-refractivity contribution >= 4 is 35.0 Å². The lowest BCUT2D eigenvalue weighted by molar-refractivity contribution is -0.144. The average molecular weight is 375 g/mol. The van der Waals surface area contributed by atoms with Crippen LogP contribution in [-0.4, -0.2) is 14.8 Å². The van der Waals surface area contributed by atoms with Crippen LogP contribution >= 0.6 is 23.2 Å². The first-order valence-corrected chi connectivity index (χ1v) is 7.14. The second kappa shape index (κ2) is 5.58. The zero-order valence-electron chi connectivity index (χ0n) is 11.6. The van der Waals surface area contributed by atoms with Crippen LogP contribution in [0.4, 0.5) is 19.1 Å². The largest absolute Gasteiger partial charge is 0.453 e. The number of alkyl halides is 3. The third kappa shape index (κ3) is 2.64. The van der Waals surface area contributed by atoms with Gasteiger partial charge in [-0.25, -0.2) is 0 Å². The van der Waals surface area contributed by atoms with Crippen molar-refractivity contribution in [3.8, 4) is 6.07 Å².